The Labute approximate surface area is 104 Å². The summed E-state index contributed by atoms with van der Waals surface area (Å²) in [6.07, 6.45) is 3.14. The molecule has 0 heterocycles. The minimum absolute atomic E-state index is 0.00919. The van der Waals surface area contributed by atoms with Crippen molar-refractivity contribution in [2.24, 2.45) is 0 Å². The zero-order valence-corrected chi connectivity index (χ0v) is 10.7. The molecule has 1 amide bonds. The fraction of sp³-hybridized carbons (Fsp3) is 0.500. The normalized spacial score (nSPS) is 12.1. The Hall–Kier alpha value is -1.35. The third-order valence-electron chi connectivity index (χ3n) is 2.58. The van der Waals surface area contributed by atoms with Crippen molar-refractivity contribution >= 4 is 5.91 Å². The lowest BCUT2D eigenvalue weighted by Crippen LogP contribution is -2.46. The summed E-state index contributed by atoms with van der Waals surface area (Å²) in [7, 11) is 0. The van der Waals surface area contributed by atoms with Crippen molar-refractivity contribution in [3.63, 3.8) is 0 Å². The summed E-state index contributed by atoms with van der Waals surface area (Å²) in [5.41, 5.74) is 1.23. The first kappa shape index (κ1) is 13.7. The van der Waals surface area contributed by atoms with E-state index in [0.717, 1.165) is 25.8 Å². The minimum atomic E-state index is 0.00919. The molecular formula is C14H22N2O. The van der Waals surface area contributed by atoms with Crippen molar-refractivity contribution < 1.29 is 4.79 Å². The SMILES string of the molecule is CCCCN[C@H](Cc1ccccc1)NC(C)=O. The largest absolute Gasteiger partial charge is 0.341 e. The van der Waals surface area contributed by atoms with Crippen molar-refractivity contribution in [1.82, 2.24) is 10.6 Å². The van der Waals surface area contributed by atoms with Crippen LogP contribution in [-0.2, 0) is 11.2 Å². The van der Waals surface area contributed by atoms with Crippen LogP contribution in [0.1, 0.15) is 32.3 Å². The Balaban J connectivity index is 2.48. The van der Waals surface area contributed by atoms with Gasteiger partial charge in [-0.25, -0.2) is 0 Å². The summed E-state index contributed by atoms with van der Waals surface area (Å²) in [6, 6.07) is 10.2. The maximum absolute atomic E-state index is 11.1. The van der Waals surface area contributed by atoms with Gasteiger partial charge in [0.1, 0.15) is 0 Å². The molecule has 17 heavy (non-hydrogen) atoms. The number of benzene rings is 1. The molecule has 0 unspecified atom stereocenters. The number of unbranched alkanes of at least 4 members (excludes halogenated alkanes) is 1. The molecule has 1 aromatic carbocycles. The van der Waals surface area contributed by atoms with Crippen LogP contribution in [0.15, 0.2) is 30.3 Å². The molecule has 94 valence electrons. The predicted molar refractivity (Wildman–Crippen MR) is 70.7 cm³/mol. The van der Waals surface area contributed by atoms with Gasteiger partial charge in [-0.3, -0.25) is 10.1 Å². The second-order valence-electron chi connectivity index (χ2n) is 4.25. The lowest BCUT2D eigenvalue weighted by atomic mass is 10.1. The molecule has 0 bridgehead atoms. The third kappa shape index (κ3) is 6.07. The van der Waals surface area contributed by atoms with Crippen LogP contribution in [0, 0.1) is 0 Å². The van der Waals surface area contributed by atoms with E-state index in [4.69, 9.17) is 0 Å². The smallest absolute Gasteiger partial charge is 0.218 e. The average Bonchev–Trinajstić information content (AvgIpc) is 2.30. The molecule has 1 rings (SSSR count). The van der Waals surface area contributed by atoms with Gasteiger partial charge in [-0.15, -0.1) is 0 Å². The van der Waals surface area contributed by atoms with Crippen molar-refractivity contribution in [3.8, 4) is 0 Å². The number of nitrogens with one attached hydrogen (secondary N) is 2. The molecule has 1 aromatic rings. The Morgan fingerprint density at radius 2 is 2.00 bits per heavy atom. The zero-order chi connectivity index (χ0) is 12.5. The number of hydrogen-bond acceptors (Lipinski definition) is 2. The summed E-state index contributed by atoms with van der Waals surface area (Å²) in [6.45, 7) is 4.65. The lowest BCUT2D eigenvalue weighted by Gasteiger charge is -2.19. The number of carbonyl (C=O) groups excluding carboxylic acids is 1. The van der Waals surface area contributed by atoms with E-state index in [1.807, 2.05) is 18.2 Å². The molecule has 0 saturated carbocycles. The van der Waals surface area contributed by atoms with Crippen LogP contribution in [0.2, 0.25) is 0 Å². The third-order valence-corrected chi connectivity index (χ3v) is 2.58. The van der Waals surface area contributed by atoms with Gasteiger partial charge in [0.25, 0.3) is 0 Å². The van der Waals surface area contributed by atoms with Crippen molar-refractivity contribution in [3.05, 3.63) is 35.9 Å². The van der Waals surface area contributed by atoms with E-state index < -0.39 is 0 Å². The zero-order valence-electron chi connectivity index (χ0n) is 10.7. The topological polar surface area (TPSA) is 41.1 Å². The molecule has 0 aliphatic rings. The van der Waals surface area contributed by atoms with Gasteiger partial charge >= 0.3 is 0 Å². The van der Waals surface area contributed by atoms with E-state index in [-0.39, 0.29) is 12.1 Å². The van der Waals surface area contributed by atoms with Crippen molar-refractivity contribution in [2.45, 2.75) is 39.3 Å². The Morgan fingerprint density at radius 1 is 1.29 bits per heavy atom. The maximum atomic E-state index is 11.1. The number of amides is 1. The van der Waals surface area contributed by atoms with E-state index in [1.54, 1.807) is 6.92 Å². The first-order chi connectivity index (χ1) is 8.22. The Kier molecular flexibility index (Phi) is 6.33. The van der Waals surface area contributed by atoms with Crippen molar-refractivity contribution in [1.29, 1.82) is 0 Å². The highest BCUT2D eigenvalue weighted by Crippen LogP contribution is 2.02. The van der Waals surface area contributed by atoms with Crippen LogP contribution in [0.4, 0.5) is 0 Å². The van der Waals surface area contributed by atoms with Gasteiger partial charge in [0.2, 0.25) is 5.91 Å². The number of hydrogen-bond donors (Lipinski definition) is 2. The molecule has 3 nitrogen and oxygen atoms in total. The predicted octanol–water partition coefficient (Wildman–Crippen LogP) is 2.08. The second-order valence-corrected chi connectivity index (χ2v) is 4.25. The molecular weight excluding hydrogens is 212 g/mol. The molecule has 3 heteroatoms. The Bertz CT molecular complexity index is 324. The molecule has 0 radical (unpaired) electrons. The number of rotatable bonds is 7. The van der Waals surface area contributed by atoms with E-state index in [1.165, 1.54) is 5.56 Å². The second kappa shape index (κ2) is 7.85. The van der Waals surface area contributed by atoms with Crippen LogP contribution in [0.25, 0.3) is 0 Å². The van der Waals surface area contributed by atoms with Gasteiger partial charge in [0.15, 0.2) is 0 Å². The molecule has 0 aliphatic heterocycles. The van der Waals surface area contributed by atoms with Gasteiger partial charge in [-0.2, -0.15) is 0 Å². The van der Waals surface area contributed by atoms with E-state index in [0.29, 0.717) is 0 Å². The molecule has 1 atom stereocenters. The van der Waals surface area contributed by atoms with Crippen LogP contribution >= 0.6 is 0 Å². The molecule has 0 aromatic heterocycles. The molecule has 2 N–H and O–H groups in total. The quantitative estimate of drug-likeness (QED) is 0.560. The van der Waals surface area contributed by atoms with Gasteiger partial charge < -0.3 is 5.32 Å². The highest BCUT2D eigenvalue weighted by Gasteiger charge is 2.09. The van der Waals surface area contributed by atoms with Gasteiger partial charge in [-0.1, -0.05) is 43.7 Å². The first-order valence-electron chi connectivity index (χ1n) is 6.26. The average molecular weight is 234 g/mol. The fourth-order valence-electron chi connectivity index (χ4n) is 1.72. The van der Waals surface area contributed by atoms with Gasteiger partial charge in [-0.05, 0) is 18.5 Å². The minimum Gasteiger partial charge on any atom is -0.341 e. The molecule has 0 spiro atoms. The summed E-state index contributed by atoms with van der Waals surface area (Å²) < 4.78 is 0. The van der Waals surface area contributed by atoms with Crippen LogP contribution in [0.3, 0.4) is 0 Å². The standard InChI is InChI=1S/C14H22N2O/c1-3-4-10-15-14(16-12(2)17)11-13-8-6-5-7-9-13/h5-9,14-15H,3-4,10-11H2,1-2H3,(H,16,17)/t14-/m0/s1. The number of carbonyl (C=O) groups is 1. The Morgan fingerprint density at radius 3 is 2.59 bits per heavy atom. The van der Waals surface area contributed by atoms with Crippen LogP contribution in [-0.4, -0.2) is 18.6 Å². The summed E-state index contributed by atoms with van der Waals surface area (Å²) >= 11 is 0. The lowest BCUT2D eigenvalue weighted by molar-refractivity contribution is -0.119. The highest BCUT2D eigenvalue weighted by molar-refractivity contribution is 5.73. The molecule has 0 aliphatic carbocycles. The van der Waals surface area contributed by atoms with E-state index in [2.05, 4.69) is 29.7 Å². The molecule has 0 fully saturated rings. The highest BCUT2D eigenvalue weighted by atomic mass is 16.1. The van der Waals surface area contributed by atoms with Crippen LogP contribution < -0.4 is 10.6 Å². The van der Waals surface area contributed by atoms with Gasteiger partial charge in [0.05, 0.1) is 6.17 Å². The summed E-state index contributed by atoms with van der Waals surface area (Å²) in [4.78, 5) is 11.1. The summed E-state index contributed by atoms with van der Waals surface area (Å²) in [5, 5.41) is 6.31. The first-order valence-corrected chi connectivity index (χ1v) is 6.26. The maximum Gasteiger partial charge on any atom is 0.218 e. The fourth-order valence-corrected chi connectivity index (χ4v) is 1.72. The van der Waals surface area contributed by atoms with E-state index >= 15 is 0 Å². The van der Waals surface area contributed by atoms with Gasteiger partial charge in [0, 0.05) is 13.3 Å². The molecule has 0 saturated heterocycles. The van der Waals surface area contributed by atoms with E-state index in [9.17, 15) is 4.79 Å². The van der Waals surface area contributed by atoms with Crippen LogP contribution in [0.5, 0.6) is 0 Å². The van der Waals surface area contributed by atoms with Crippen molar-refractivity contribution in [2.75, 3.05) is 6.54 Å². The monoisotopic (exact) mass is 234 g/mol. The summed E-state index contributed by atoms with van der Waals surface area (Å²) in [5.74, 6) is 0.00919.